The van der Waals surface area contributed by atoms with Crippen LogP contribution in [0.4, 0.5) is 11.4 Å². The number of sulfonamides is 1. The van der Waals surface area contributed by atoms with Crippen LogP contribution in [-0.4, -0.2) is 32.2 Å². The lowest BCUT2D eigenvalue weighted by atomic mass is 10.2. The summed E-state index contributed by atoms with van der Waals surface area (Å²) in [7, 11) is -2.01. The van der Waals surface area contributed by atoms with Crippen molar-refractivity contribution >= 4 is 44.7 Å². The standard InChI is InChI=1S/C23H25N3O5S2/c1-4-33(28,29)26-21-11-8-18(13-22(21)30-3)25-23(27)12-7-17-5-9-20(10-6-17)31-14-19-15-32-16(2)24-19/h5-13,15,26H,4,14H2,1-3H3,(H,25,27)/b12-7+. The van der Waals surface area contributed by atoms with E-state index in [9.17, 15) is 13.2 Å². The average molecular weight is 488 g/mol. The van der Waals surface area contributed by atoms with E-state index >= 15 is 0 Å². The van der Waals surface area contributed by atoms with Crippen molar-refractivity contribution in [1.82, 2.24) is 4.98 Å². The minimum absolute atomic E-state index is 0.0575. The first-order valence-corrected chi connectivity index (χ1v) is 12.6. The van der Waals surface area contributed by atoms with Gasteiger partial charge < -0.3 is 14.8 Å². The number of methoxy groups -OCH3 is 1. The number of hydrogen-bond acceptors (Lipinski definition) is 7. The van der Waals surface area contributed by atoms with E-state index in [1.165, 1.54) is 19.3 Å². The van der Waals surface area contributed by atoms with Crippen LogP contribution in [0.15, 0.2) is 53.9 Å². The van der Waals surface area contributed by atoms with Crippen molar-refractivity contribution in [3.05, 3.63) is 70.2 Å². The van der Waals surface area contributed by atoms with Gasteiger partial charge in [0.05, 0.1) is 29.3 Å². The zero-order chi connectivity index (χ0) is 23.8. The van der Waals surface area contributed by atoms with E-state index < -0.39 is 10.0 Å². The molecular weight excluding hydrogens is 462 g/mol. The number of hydrogen-bond donors (Lipinski definition) is 2. The van der Waals surface area contributed by atoms with E-state index in [0.717, 1.165) is 16.3 Å². The van der Waals surface area contributed by atoms with Crippen molar-refractivity contribution in [2.75, 3.05) is 22.9 Å². The van der Waals surface area contributed by atoms with Crippen molar-refractivity contribution in [1.29, 1.82) is 0 Å². The first kappa shape index (κ1) is 24.3. The lowest BCUT2D eigenvalue weighted by Crippen LogP contribution is -2.15. The molecule has 8 nitrogen and oxygen atoms in total. The van der Waals surface area contributed by atoms with E-state index in [0.29, 0.717) is 29.5 Å². The molecule has 1 amide bonds. The second-order valence-corrected chi connectivity index (χ2v) is 10.0. The molecule has 1 aromatic heterocycles. The third-order valence-corrected chi connectivity index (χ3v) is 6.59. The number of thiazole rings is 1. The summed E-state index contributed by atoms with van der Waals surface area (Å²) in [5.41, 5.74) is 2.51. The van der Waals surface area contributed by atoms with Gasteiger partial charge in [0.1, 0.15) is 18.1 Å². The van der Waals surface area contributed by atoms with Gasteiger partial charge in [-0.3, -0.25) is 9.52 Å². The Kier molecular flexibility index (Phi) is 8.07. The van der Waals surface area contributed by atoms with Crippen molar-refractivity contribution in [3.63, 3.8) is 0 Å². The monoisotopic (exact) mass is 487 g/mol. The van der Waals surface area contributed by atoms with E-state index in [1.807, 2.05) is 36.6 Å². The molecule has 0 atom stereocenters. The number of carbonyl (C=O) groups excluding carboxylic acids is 1. The number of carbonyl (C=O) groups is 1. The van der Waals surface area contributed by atoms with Crippen molar-refractivity contribution in [3.8, 4) is 11.5 Å². The zero-order valence-electron chi connectivity index (χ0n) is 18.5. The normalized spacial score (nSPS) is 11.4. The molecule has 1 heterocycles. The molecule has 33 heavy (non-hydrogen) atoms. The van der Waals surface area contributed by atoms with E-state index in [4.69, 9.17) is 9.47 Å². The highest BCUT2D eigenvalue weighted by atomic mass is 32.2. The van der Waals surface area contributed by atoms with Gasteiger partial charge >= 0.3 is 0 Å². The molecule has 0 saturated carbocycles. The fourth-order valence-electron chi connectivity index (χ4n) is 2.76. The molecule has 0 aliphatic carbocycles. The Bertz CT molecular complexity index is 1240. The number of aryl methyl sites for hydroxylation is 1. The highest BCUT2D eigenvalue weighted by Gasteiger charge is 2.12. The summed E-state index contributed by atoms with van der Waals surface area (Å²) in [4.78, 5) is 16.7. The number of rotatable bonds is 10. The molecule has 0 aliphatic heterocycles. The highest BCUT2D eigenvalue weighted by Crippen LogP contribution is 2.29. The topological polar surface area (TPSA) is 107 Å². The van der Waals surface area contributed by atoms with Gasteiger partial charge in [-0.25, -0.2) is 13.4 Å². The third kappa shape index (κ3) is 7.33. The van der Waals surface area contributed by atoms with Crippen LogP contribution in [0.5, 0.6) is 11.5 Å². The van der Waals surface area contributed by atoms with Crippen LogP contribution in [0.3, 0.4) is 0 Å². The Hall–Kier alpha value is -3.37. The summed E-state index contributed by atoms with van der Waals surface area (Å²) < 4.78 is 37.0. The minimum Gasteiger partial charge on any atom is -0.494 e. The van der Waals surface area contributed by atoms with Crippen LogP contribution in [0.2, 0.25) is 0 Å². The molecule has 0 spiro atoms. The molecule has 0 saturated heterocycles. The van der Waals surface area contributed by atoms with E-state index in [2.05, 4.69) is 15.0 Å². The van der Waals surface area contributed by atoms with Crippen molar-refractivity contribution in [2.24, 2.45) is 0 Å². The molecule has 2 N–H and O–H groups in total. The van der Waals surface area contributed by atoms with Gasteiger partial charge in [-0.05, 0) is 49.8 Å². The smallest absolute Gasteiger partial charge is 0.248 e. The van der Waals surface area contributed by atoms with Crippen LogP contribution in [-0.2, 0) is 21.4 Å². The van der Waals surface area contributed by atoms with Crippen LogP contribution in [0.1, 0.15) is 23.2 Å². The highest BCUT2D eigenvalue weighted by molar-refractivity contribution is 7.92. The van der Waals surface area contributed by atoms with Gasteiger partial charge in [-0.2, -0.15) is 0 Å². The predicted octanol–water partition coefficient (Wildman–Crippen LogP) is 4.45. The van der Waals surface area contributed by atoms with Crippen LogP contribution in [0.25, 0.3) is 6.08 Å². The van der Waals surface area contributed by atoms with E-state index in [1.54, 1.807) is 36.5 Å². The van der Waals surface area contributed by atoms with Crippen LogP contribution < -0.4 is 19.5 Å². The van der Waals surface area contributed by atoms with E-state index in [-0.39, 0.29) is 11.7 Å². The molecule has 0 radical (unpaired) electrons. The Balaban J connectivity index is 1.57. The lowest BCUT2D eigenvalue weighted by Gasteiger charge is -2.12. The zero-order valence-corrected chi connectivity index (χ0v) is 20.1. The first-order valence-electron chi connectivity index (χ1n) is 10.1. The molecule has 0 unspecified atom stereocenters. The SMILES string of the molecule is CCS(=O)(=O)Nc1ccc(NC(=O)/C=C/c2ccc(OCc3csc(C)n3)cc2)cc1OC. The number of aromatic nitrogens is 1. The van der Waals surface area contributed by atoms with Gasteiger partial charge in [0.2, 0.25) is 15.9 Å². The summed E-state index contributed by atoms with van der Waals surface area (Å²) in [5, 5.41) is 5.70. The summed E-state index contributed by atoms with van der Waals surface area (Å²) in [6, 6.07) is 12.0. The molecule has 0 fully saturated rings. The number of nitrogens with zero attached hydrogens (tertiary/aromatic N) is 1. The molecule has 2 aromatic carbocycles. The number of amides is 1. The first-order chi connectivity index (χ1) is 15.8. The average Bonchev–Trinajstić information content (AvgIpc) is 3.23. The van der Waals surface area contributed by atoms with Gasteiger partial charge in [0.15, 0.2) is 0 Å². The number of nitrogens with one attached hydrogen (secondary N) is 2. The summed E-state index contributed by atoms with van der Waals surface area (Å²) in [5.74, 6) is 0.626. The summed E-state index contributed by atoms with van der Waals surface area (Å²) in [6.45, 7) is 3.90. The van der Waals surface area contributed by atoms with Gasteiger partial charge in [0, 0.05) is 23.2 Å². The number of ether oxygens (including phenoxy) is 2. The Morgan fingerprint density at radius 3 is 2.58 bits per heavy atom. The summed E-state index contributed by atoms with van der Waals surface area (Å²) >= 11 is 1.58. The molecule has 0 aliphatic rings. The molecule has 3 aromatic rings. The fraction of sp³-hybridized carbons (Fsp3) is 0.217. The number of anilines is 2. The second kappa shape index (κ2) is 11.0. The maximum absolute atomic E-state index is 12.3. The molecular formula is C23H25N3O5S2. The largest absolute Gasteiger partial charge is 0.494 e. The lowest BCUT2D eigenvalue weighted by molar-refractivity contribution is -0.111. The molecule has 3 rings (SSSR count). The van der Waals surface area contributed by atoms with Crippen molar-refractivity contribution in [2.45, 2.75) is 20.5 Å². The van der Waals surface area contributed by atoms with Crippen molar-refractivity contribution < 1.29 is 22.7 Å². The minimum atomic E-state index is -3.44. The maximum atomic E-state index is 12.3. The number of benzene rings is 2. The quantitative estimate of drug-likeness (QED) is 0.409. The Morgan fingerprint density at radius 2 is 1.94 bits per heavy atom. The maximum Gasteiger partial charge on any atom is 0.248 e. The Labute approximate surface area is 197 Å². The predicted molar refractivity (Wildman–Crippen MR) is 131 cm³/mol. The molecule has 10 heteroatoms. The van der Waals surface area contributed by atoms with Gasteiger partial charge in [-0.15, -0.1) is 11.3 Å². The summed E-state index contributed by atoms with van der Waals surface area (Å²) in [6.07, 6.45) is 3.10. The third-order valence-electron chi connectivity index (χ3n) is 4.48. The van der Waals surface area contributed by atoms with Crippen LogP contribution >= 0.6 is 11.3 Å². The van der Waals surface area contributed by atoms with Gasteiger partial charge in [-0.1, -0.05) is 12.1 Å². The molecule has 174 valence electrons. The van der Waals surface area contributed by atoms with Gasteiger partial charge in [0.25, 0.3) is 0 Å². The van der Waals surface area contributed by atoms with Crippen LogP contribution in [0, 0.1) is 6.92 Å². The second-order valence-electron chi connectivity index (χ2n) is 6.96. The molecule has 0 bridgehead atoms. The fourth-order valence-corrected chi connectivity index (χ4v) is 4.00. The Morgan fingerprint density at radius 1 is 1.18 bits per heavy atom.